The number of aromatic nitrogens is 3. The fourth-order valence-electron chi connectivity index (χ4n) is 2.58. The lowest BCUT2D eigenvalue weighted by Gasteiger charge is -2.40. The molecule has 0 amide bonds. The van der Waals surface area contributed by atoms with Crippen LogP contribution >= 0.6 is 19.2 Å². The molecule has 0 radical (unpaired) electrons. The van der Waals surface area contributed by atoms with Gasteiger partial charge in [0, 0.05) is 5.02 Å². The third-order valence-corrected chi connectivity index (χ3v) is 5.51. The van der Waals surface area contributed by atoms with E-state index in [1.807, 2.05) is 45.0 Å². The van der Waals surface area contributed by atoms with E-state index in [0.717, 1.165) is 11.4 Å². The number of nitrogens with zero attached hydrogens (tertiary/aromatic N) is 3. The summed E-state index contributed by atoms with van der Waals surface area (Å²) in [5, 5.41) is 26.0. The van der Waals surface area contributed by atoms with E-state index in [4.69, 9.17) is 26.5 Å². The Morgan fingerprint density at radius 1 is 1.23 bits per heavy atom. The Kier molecular flexibility index (Phi) is 10.3. The zero-order valence-electron chi connectivity index (χ0n) is 17.8. The van der Waals surface area contributed by atoms with Crippen molar-refractivity contribution in [2.45, 2.75) is 45.8 Å². The quantitative estimate of drug-likeness (QED) is 0.342. The first-order valence-corrected chi connectivity index (χ1v) is 11.7. The summed E-state index contributed by atoms with van der Waals surface area (Å²) < 4.78 is 11.7. The average Bonchev–Trinajstić information content (AvgIpc) is 3.12. The molecule has 174 valence electrons. The minimum atomic E-state index is -4.10. The number of carboxylic acids is 1. The summed E-state index contributed by atoms with van der Waals surface area (Å²) >= 11 is 5.90. The molecule has 0 aliphatic carbocycles. The largest absolute Gasteiger partial charge is 0.480 e. The van der Waals surface area contributed by atoms with E-state index in [1.54, 1.807) is 11.0 Å². The minimum absolute atomic E-state index is 0.259. The third-order valence-electron chi connectivity index (χ3n) is 4.62. The van der Waals surface area contributed by atoms with Gasteiger partial charge in [0.25, 0.3) is 0 Å². The molecule has 0 bridgehead atoms. The predicted octanol–water partition coefficient (Wildman–Crippen LogP) is 2.14. The summed E-state index contributed by atoms with van der Waals surface area (Å²) in [7, 11) is -4.10. The molecule has 0 saturated carbocycles. The van der Waals surface area contributed by atoms with Crippen LogP contribution in [-0.2, 0) is 22.3 Å². The molecule has 10 nitrogen and oxygen atoms in total. The van der Waals surface area contributed by atoms with Crippen LogP contribution in [0.5, 0.6) is 0 Å². The predicted molar refractivity (Wildman–Crippen MR) is 117 cm³/mol. The number of hydrogen-bond donors (Lipinski definition) is 5. The highest BCUT2D eigenvalue weighted by atomic mass is 35.5. The number of nitrogens with one attached hydrogen (secondary N) is 1. The number of halogens is 1. The number of carboxylic acid groups (broad SMARTS) is 1. The van der Waals surface area contributed by atoms with Crippen molar-refractivity contribution < 1.29 is 29.4 Å². The molecule has 1 unspecified atom stereocenters. The van der Waals surface area contributed by atoms with Crippen molar-refractivity contribution in [3.8, 4) is 0 Å². The second-order valence-corrected chi connectivity index (χ2v) is 10.2. The molecule has 0 aliphatic heterocycles. The number of aliphatic carboxylic acids is 1. The van der Waals surface area contributed by atoms with Crippen LogP contribution in [0.15, 0.2) is 36.9 Å². The highest BCUT2D eigenvalue weighted by Gasteiger charge is 2.40. The fourth-order valence-corrected chi connectivity index (χ4v) is 3.11. The van der Waals surface area contributed by atoms with Crippen molar-refractivity contribution in [3.63, 3.8) is 0 Å². The molecule has 1 aromatic heterocycles. The van der Waals surface area contributed by atoms with Gasteiger partial charge in [0.2, 0.25) is 0 Å². The lowest BCUT2D eigenvalue weighted by Crippen LogP contribution is -2.47. The highest BCUT2D eigenvalue weighted by Crippen LogP contribution is 2.35. The molecule has 2 rings (SSSR count). The van der Waals surface area contributed by atoms with Crippen molar-refractivity contribution in [2.75, 3.05) is 12.8 Å². The molecule has 2 aromatic rings. The van der Waals surface area contributed by atoms with Gasteiger partial charge < -0.3 is 20.0 Å². The van der Waals surface area contributed by atoms with E-state index >= 15 is 0 Å². The Bertz CT molecular complexity index is 851. The summed E-state index contributed by atoms with van der Waals surface area (Å²) in [6, 6.07) is 7.76. The molecule has 5 N–H and O–H groups in total. The summed E-state index contributed by atoms with van der Waals surface area (Å²) in [6.07, 6.45) is 3.97. The summed E-state index contributed by atoms with van der Waals surface area (Å²) in [6.45, 7) is 6.14. The summed E-state index contributed by atoms with van der Waals surface area (Å²) in [4.78, 5) is 30.1. The standard InChI is InChI=1S/C16H22ClN3O.C3H8NO5P/c1-15(2,3)16(21,10-20-12-18-11-19-20)9-8-13-4-6-14(17)7-5-13;5-3(6)1-4-2-10(7,8)9/h4-7,11-12,21H,8-10H2,1-3H3;4H,1-2H2,(H,5,6)(H2,7,8,9). The molecule has 1 heterocycles. The maximum atomic E-state index is 11.1. The van der Waals surface area contributed by atoms with Gasteiger partial charge in [-0.2, -0.15) is 5.10 Å². The van der Waals surface area contributed by atoms with Gasteiger partial charge in [-0.1, -0.05) is 44.5 Å². The molecule has 0 spiro atoms. The lowest BCUT2D eigenvalue weighted by atomic mass is 9.73. The number of aliphatic hydroxyl groups is 1. The normalized spacial score (nSPS) is 13.8. The van der Waals surface area contributed by atoms with Crippen molar-refractivity contribution >= 4 is 25.2 Å². The van der Waals surface area contributed by atoms with Gasteiger partial charge in [-0.15, -0.1) is 0 Å². The Morgan fingerprint density at radius 2 is 1.84 bits per heavy atom. The minimum Gasteiger partial charge on any atom is -0.480 e. The van der Waals surface area contributed by atoms with Crippen molar-refractivity contribution in [3.05, 3.63) is 47.5 Å². The first kappa shape index (κ1) is 27.2. The summed E-state index contributed by atoms with van der Waals surface area (Å²) in [5.41, 5.74) is 0.0479. The SMILES string of the molecule is CC(C)(C)C(O)(CCc1ccc(Cl)cc1)Cn1cncn1.O=C(O)CNCP(=O)(O)O. The van der Waals surface area contributed by atoms with Crippen molar-refractivity contribution in [1.82, 2.24) is 20.1 Å². The lowest BCUT2D eigenvalue weighted by molar-refractivity contribution is -0.135. The maximum absolute atomic E-state index is 11.1. The molecule has 0 fully saturated rings. The number of hydrogen-bond acceptors (Lipinski definition) is 6. The Labute approximate surface area is 186 Å². The molecule has 1 atom stereocenters. The maximum Gasteiger partial charge on any atom is 0.339 e. The number of carbonyl (C=O) groups is 1. The van der Waals surface area contributed by atoms with E-state index in [1.165, 1.54) is 11.9 Å². The van der Waals surface area contributed by atoms with Crippen molar-refractivity contribution in [1.29, 1.82) is 0 Å². The number of aryl methyl sites for hydroxylation is 1. The van der Waals surface area contributed by atoms with Gasteiger partial charge in [-0.05, 0) is 36.0 Å². The Hall–Kier alpha value is -1.81. The van der Waals surface area contributed by atoms with Gasteiger partial charge in [0.1, 0.15) is 12.7 Å². The number of rotatable bonds is 9. The topological polar surface area (TPSA) is 158 Å². The first-order valence-electron chi connectivity index (χ1n) is 9.48. The zero-order chi connectivity index (χ0) is 23.7. The highest BCUT2D eigenvalue weighted by molar-refractivity contribution is 7.51. The molecule has 0 aliphatic rings. The monoisotopic (exact) mass is 476 g/mol. The second kappa shape index (κ2) is 11.7. The van der Waals surface area contributed by atoms with Crippen LogP contribution in [0.25, 0.3) is 0 Å². The van der Waals surface area contributed by atoms with Crippen LogP contribution in [0.3, 0.4) is 0 Å². The van der Waals surface area contributed by atoms with Gasteiger partial charge in [0.15, 0.2) is 0 Å². The van der Waals surface area contributed by atoms with Crippen LogP contribution in [0.2, 0.25) is 5.02 Å². The smallest absolute Gasteiger partial charge is 0.339 e. The van der Waals surface area contributed by atoms with E-state index in [-0.39, 0.29) is 5.41 Å². The average molecular weight is 477 g/mol. The Morgan fingerprint density at radius 3 is 2.29 bits per heavy atom. The molecule has 12 heteroatoms. The van der Waals surface area contributed by atoms with Crippen molar-refractivity contribution in [2.24, 2.45) is 5.41 Å². The summed E-state index contributed by atoms with van der Waals surface area (Å²) in [5.74, 6) is -1.14. The van der Waals surface area contributed by atoms with E-state index in [0.29, 0.717) is 13.0 Å². The van der Waals surface area contributed by atoms with Gasteiger partial charge >= 0.3 is 13.6 Å². The molecular formula is C19H30ClN4O6P. The van der Waals surface area contributed by atoms with Crippen LogP contribution in [0.4, 0.5) is 0 Å². The Balaban J connectivity index is 0.000000407. The van der Waals surface area contributed by atoms with Crippen LogP contribution in [-0.4, -0.2) is 59.2 Å². The second-order valence-electron chi connectivity index (χ2n) is 8.14. The van der Waals surface area contributed by atoms with E-state index < -0.39 is 32.0 Å². The van der Waals surface area contributed by atoms with E-state index in [2.05, 4.69) is 15.4 Å². The third kappa shape index (κ3) is 10.9. The van der Waals surface area contributed by atoms with Crippen LogP contribution in [0, 0.1) is 5.41 Å². The number of benzene rings is 1. The molecular weight excluding hydrogens is 447 g/mol. The van der Waals surface area contributed by atoms with Gasteiger partial charge in [-0.3, -0.25) is 19.4 Å². The fraction of sp³-hybridized carbons (Fsp3) is 0.526. The van der Waals surface area contributed by atoms with Gasteiger partial charge in [0.05, 0.1) is 25.0 Å². The molecule has 31 heavy (non-hydrogen) atoms. The molecule has 0 saturated heterocycles. The zero-order valence-corrected chi connectivity index (χ0v) is 19.4. The molecule has 1 aromatic carbocycles. The van der Waals surface area contributed by atoms with Crippen LogP contribution < -0.4 is 5.32 Å². The van der Waals surface area contributed by atoms with Gasteiger partial charge in [-0.25, -0.2) is 4.98 Å². The first-order chi connectivity index (χ1) is 14.2. The van der Waals surface area contributed by atoms with Crippen LogP contribution in [0.1, 0.15) is 32.8 Å². The van der Waals surface area contributed by atoms with E-state index in [9.17, 15) is 14.5 Å².